The molecule has 0 aliphatic rings. The molecule has 0 spiro atoms. The first-order valence-electron chi connectivity index (χ1n) is 8.43. The molecular formula is C19H19N5O2. The van der Waals surface area contributed by atoms with Crippen molar-refractivity contribution in [2.75, 3.05) is 6.54 Å². The van der Waals surface area contributed by atoms with Crippen molar-refractivity contribution < 1.29 is 4.79 Å². The number of nitrogens with zero attached hydrogens (tertiary/aromatic N) is 4. The normalized spacial score (nSPS) is 10.5. The maximum atomic E-state index is 12.5. The molecule has 0 aliphatic heterocycles. The molecule has 1 aromatic carbocycles. The monoisotopic (exact) mass is 349 g/mol. The number of aryl methyl sites for hydroxylation is 1. The van der Waals surface area contributed by atoms with Gasteiger partial charge in [0.2, 0.25) is 0 Å². The predicted molar refractivity (Wildman–Crippen MR) is 97.1 cm³/mol. The summed E-state index contributed by atoms with van der Waals surface area (Å²) < 4.78 is 1.41. The number of amides is 1. The van der Waals surface area contributed by atoms with Crippen molar-refractivity contribution in [3.63, 3.8) is 0 Å². The van der Waals surface area contributed by atoms with E-state index in [1.165, 1.54) is 17.1 Å². The van der Waals surface area contributed by atoms with Gasteiger partial charge in [0.1, 0.15) is 0 Å². The number of hydrogen-bond acceptors (Lipinski definition) is 5. The van der Waals surface area contributed by atoms with Gasteiger partial charge in [-0.15, -0.1) is 0 Å². The number of unbranched alkanes of at least 4 members (excludes halogenated alkanes) is 1. The van der Waals surface area contributed by atoms with Gasteiger partial charge in [0.25, 0.3) is 11.5 Å². The van der Waals surface area contributed by atoms with Crippen molar-refractivity contribution >= 4 is 5.91 Å². The Morgan fingerprint density at radius 2 is 1.85 bits per heavy atom. The molecule has 1 N–H and O–H groups in total. The summed E-state index contributed by atoms with van der Waals surface area (Å²) in [4.78, 5) is 24.4. The van der Waals surface area contributed by atoms with Crippen LogP contribution < -0.4 is 10.9 Å². The lowest BCUT2D eigenvalue weighted by atomic mass is 10.1. The maximum Gasteiger partial charge on any atom is 0.274 e. The third-order valence-electron chi connectivity index (χ3n) is 3.93. The lowest BCUT2D eigenvalue weighted by molar-refractivity contribution is 0.0952. The first-order valence-corrected chi connectivity index (χ1v) is 8.43. The smallest absolute Gasteiger partial charge is 0.274 e. The van der Waals surface area contributed by atoms with Crippen LogP contribution in [0.15, 0.2) is 65.8 Å². The Morgan fingerprint density at radius 3 is 2.62 bits per heavy atom. The third-order valence-corrected chi connectivity index (χ3v) is 3.93. The van der Waals surface area contributed by atoms with Gasteiger partial charge in [-0.2, -0.15) is 20.0 Å². The zero-order valence-electron chi connectivity index (χ0n) is 14.2. The number of carbonyl (C=O) groups is 1. The molecule has 0 radical (unpaired) electrons. The van der Waals surface area contributed by atoms with Crippen LogP contribution in [-0.4, -0.2) is 32.4 Å². The topological polar surface area (TPSA) is 89.8 Å². The second kappa shape index (κ2) is 8.66. The average molecular weight is 349 g/mol. The molecule has 0 unspecified atom stereocenters. The molecule has 0 saturated heterocycles. The number of hydrogen-bond donors (Lipinski definition) is 1. The van der Waals surface area contributed by atoms with Crippen LogP contribution in [0.4, 0.5) is 0 Å². The first kappa shape index (κ1) is 17.5. The summed E-state index contributed by atoms with van der Waals surface area (Å²) in [5, 5.41) is 14.3. The Bertz CT molecular complexity index is 910. The molecule has 26 heavy (non-hydrogen) atoms. The Morgan fingerprint density at radius 1 is 1.00 bits per heavy atom. The van der Waals surface area contributed by atoms with Gasteiger partial charge in [0.05, 0.1) is 23.6 Å². The van der Waals surface area contributed by atoms with Crippen LogP contribution in [-0.2, 0) is 6.42 Å². The van der Waals surface area contributed by atoms with Gasteiger partial charge in [-0.05, 0) is 43.5 Å². The summed E-state index contributed by atoms with van der Waals surface area (Å²) in [5.74, 6) is -0.171. The summed E-state index contributed by atoms with van der Waals surface area (Å²) in [6, 6.07) is 12.7. The summed E-state index contributed by atoms with van der Waals surface area (Å²) in [6.45, 7) is 0.541. The maximum absolute atomic E-state index is 12.5. The minimum Gasteiger partial charge on any atom is -0.352 e. The van der Waals surface area contributed by atoms with Crippen molar-refractivity contribution in [3.8, 4) is 5.69 Å². The Kier molecular flexibility index (Phi) is 5.82. The average Bonchev–Trinajstić information content (AvgIpc) is 2.70. The quantitative estimate of drug-likeness (QED) is 0.657. The van der Waals surface area contributed by atoms with Gasteiger partial charge in [-0.3, -0.25) is 9.59 Å². The Labute approximate surface area is 150 Å². The lowest BCUT2D eigenvalue weighted by Crippen LogP contribution is -2.26. The molecule has 0 fully saturated rings. The van der Waals surface area contributed by atoms with E-state index in [9.17, 15) is 9.59 Å². The van der Waals surface area contributed by atoms with Crippen molar-refractivity contribution in [2.24, 2.45) is 0 Å². The zero-order chi connectivity index (χ0) is 18.2. The van der Waals surface area contributed by atoms with Gasteiger partial charge < -0.3 is 5.32 Å². The van der Waals surface area contributed by atoms with Crippen molar-refractivity contribution in [2.45, 2.75) is 19.3 Å². The van der Waals surface area contributed by atoms with E-state index in [2.05, 4.69) is 20.6 Å². The van der Waals surface area contributed by atoms with E-state index in [4.69, 9.17) is 0 Å². The Hall–Kier alpha value is -3.35. The third kappa shape index (κ3) is 4.38. The second-order valence-electron chi connectivity index (χ2n) is 5.75. The number of para-hydroxylation sites is 1. The first-order chi connectivity index (χ1) is 12.8. The van der Waals surface area contributed by atoms with Crippen LogP contribution in [0.1, 0.15) is 28.8 Å². The van der Waals surface area contributed by atoms with Gasteiger partial charge in [-0.1, -0.05) is 18.2 Å². The summed E-state index contributed by atoms with van der Waals surface area (Å²) in [7, 11) is 0. The Balaban J connectivity index is 1.51. The molecule has 0 saturated carbocycles. The lowest BCUT2D eigenvalue weighted by Gasteiger charge is -2.07. The molecular weight excluding hydrogens is 330 g/mol. The van der Waals surface area contributed by atoms with Gasteiger partial charge in [-0.25, -0.2) is 0 Å². The van der Waals surface area contributed by atoms with E-state index in [1.54, 1.807) is 18.3 Å². The van der Waals surface area contributed by atoms with Gasteiger partial charge in [0.15, 0.2) is 0 Å². The summed E-state index contributed by atoms with van der Waals surface area (Å²) >= 11 is 0. The molecule has 132 valence electrons. The summed E-state index contributed by atoms with van der Waals surface area (Å²) in [6.07, 6.45) is 6.76. The van der Waals surface area contributed by atoms with Crippen LogP contribution in [0.3, 0.4) is 0 Å². The summed E-state index contributed by atoms with van der Waals surface area (Å²) in [5.41, 5.74) is 1.84. The van der Waals surface area contributed by atoms with E-state index in [-0.39, 0.29) is 11.5 Å². The molecule has 2 aromatic heterocycles. The van der Waals surface area contributed by atoms with E-state index in [0.29, 0.717) is 24.1 Å². The molecule has 3 aromatic rings. The minimum absolute atomic E-state index is 0.106. The highest BCUT2D eigenvalue weighted by Gasteiger charge is 2.07. The fraction of sp³-hybridized carbons (Fsp3) is 0.211. The van der Waals surface area contributed by atoms with E-state index in [0.717, 1.165) is 18.5 Å². The fourth-order valence-electron chi connectivity index (χ4n) is 2.56. The number of benzene rings is 1. The molecule has 0 bridgehead atoms. The SMILES string of the molecule is O=C(NCCCCc1ccnn(-c2ccccc2)c1=O)c1ccnnc1. The van der Waals surface area contributed by atoms with Crippen molar-refractivity contribution in [3.05, 3.63) is 82.5 Å². The molecule has 0 atom stereocenters. The molecule has 2 heterocycles. The van der Waals surface area contributed by atoms with E-state index < -0.39 is 0 Å². The number of aromatic nitrogens is 4. The number of nitrogens with one attached hydrogen (secondary N) is 1. The highest BCUT2D eigenvalue weighted by molar-refractivity contribution is 5.93. The van der Waals surface area contributed by atoms with E-state index >= 15 is 0 Å². The van der Waals surface area contributed by atoms with Crippen molar-refractivity contribution in [1.82, 2.24) is 25.3 Å². The van der Waals surface area contributed by atoms with Crippen LogP contribution in [0.25, 0.3) is 5.69 Å². The standard InChI is InChI=1S/C19H19N5O2/c25-18(16-9-12-21-22-14-16)20-11-5-4-6-15-10-13-23-24(19(15)26)17-7-2-1-3-8-17/h1-3,7-10,12-14H,4-6,11H2,(H,20,25). The van der Waals surface area contributed by atoms with Crippen LogP contribution in [0.2, 0.25) is 0 Å². The fourth-order valence-corrected chi connectivity index (χ4v) is 2.56. The van der Waals surface area contributed by atoms with Crippen LogP contribution in [0, 0.1) is 0 Å². The van der Waals surface area contributed by atoms with Gasteiger partial charge >= 0.3 is 0 Å². The minimum atomic E-state index is -0.171. The highest BCUT2D eigenvalue weighted by atomic mass is 16.1. The zero-order valence-corrected chi connectivity index (χ0v) is 14.2. The molecule has 1 amide bonds. The highest BCUT2D eigenvalue weighted by Crippen LogP contribution is 2.04. The second-order valence-corrected chi connectivity index (χ2v) is 5.75. The number of rotatable bonds is 7. The molecule has 7 heteroatoms. The van der Waals surface area contributed by atoms with Gasteiger partial charge in [0, 0.05) is 18.3 Å². The number of carbonyl (C=O) groups excluding carboxylic acids is 1. The van der Waals surface area contributed by atoms with Crippen LogP contribution in [0.5, 0.6) is 0 Å². The van der Waals surface area contributed by atoms with E-state index in [1.807, 2.05) is 30.3 Å². The molecule has 3 rings (SSSR count). The van der Waals surface area contributed by atoms with Crippen molar-refractivity contribution in [1.29, 1.82) is 0 Å². The predicted octanol–water partition coefficient (Wildman–Crippen LogP) is 1.78. The molecule has 0 aliphatic carbocycles. The largest absolute Gasteiger partial charge is 0.352 e. The molecule has 7 nitrogen and oxygen atoms in total. The van der Waals surface area contributed by atoms with Crippen LogP contribution >= 0.6 is 0 Å².